The minimum atomic E-state index is -0.829. The molecule has 1 amide bonds. The summed E-state index contributed by atoms with van der Waals surface area (Å²) in [5.41, 5.74) is 12.5. The summed E-state index contributed by atoms with van der Waals surface area (Å²) in [7, 11) is 0. The van der Waals surface area contributed by atoms with Crippen LogP contribution in [0.15, 0.2) is 48.5 Å². The van der Waals surface area contributed by atoms with Crippen LogP contribution in [0.2, 0.25) is 0 Å². The first-order valence-corrected chi connectivity index (χ1v) is 6.53. The maximum atomic E-state index is 13.0. The number of primary amides is 1. The molecule has 0 fully saturated rings. The van der Waals surface area contributed by atoms with Crippen molar-refractivity contribution in [2.24, 2.45) is 11.5 Å². The van der Waals surface area contributed by atoms with Crippen LogP contribution in [-0.2, 0) is 4.79 Å². The van der Waals surface area contributed by atoms with Crippen LogP contribution in [0.4, 0.5) is 8.78 Å². The summed E-state index contributed by atoms with van der Waals surface area (Å²) in [4.78, 5) is 11.2. The fourth-order valence-electron chi connectivity index (χ4n) is 2.22. The van der Waals surface area contributed by atoms with Gasteiger partial charge in [0, 0.05) is 5.92 Å². The molecule has 2 aromatic carbocycles. The number of amides is 1. The highest BCUT2D eigenvalue weighted by atomic mass is 19.1. The lowest BCUT2D eigenvalue weighted by atomic mass is 9.86. The second-order valence-electron chi connectivity index (χ2n) is 4.90. The molecule has 0 aliphatic heterocycles. The molecule has 0 saturated heterocycles. The molecule has 0 saturated carbocycles. The van der Waals surface area contributed by atoms with Crippen LogP contribution in [0.25, 0.3) is 0 Å². The van der Waals surface area contributed by atoms with Crippen molar-refractivity contribution in [2.75, 3.05) is 0 Å². The van der Waals surface area contributed by atoms with Gasteiger partial charge in [-0.1, -0.05) is 24.3 Å². The third-order valence-electron chi connectivity index (χ3n) is 3.40. The van der Waals surface area contributed by atoms with Gasteiger partial charge in [-0.25, -0.2) is 8.78 Å². The molecule has 0 aliphatic carbocycles. The molecule has 0 aliphatic rings. The molecule has 1 atom stereocenters. The minimum Gasteiger partial charge on any atom is -0.368 e. The highest BCUT2D eigenvalue weighted by Crippen LogP contribution is 2.29. The Bertz CT molecular complexity index is 566. The van der Waals surface area contributed by atoms with Gasteiger partial charge >= 0.3 is 0 Å². The molecular weight excluding hydrogens is 274 g/mol. The van der Waals surface area contributed by atoms with Gasteiger partial charge in [0.1, 0.15) is 11.6 Å². The first-order valence-electron chi connectivity index (χ1n) is 6.53. The zero-order chi connectivity index (χ0) is 15.4. The van der Waals surface area contributed by atoms with E-state index in [2.05, 4.69) is 0 Å². The van der Waals surface area contributed by atoms with Gasteiger partial charge in [0.05, 0.1) is 6.04 Å². The predicted molar refractivity (Wildman–Crippen MR) is 76.4 cm³/mol. The van der Waals surface area contributed by atoms with Crippen molar-refractivity contribution in [3.05, 3.63) is 71.3 Å². The summed E-state index contributed by atoms with van der Waals surface area (Å²) in [5.74, 6) is -1.57. The van der Waals surface area contributed by atoms with Crippen molar-refractivity contribution in [1.29, 1.82) is 0 Å². The average molecular weight is 290 g/mol. The molecule has 0 bridgehead atoms. The summed E-state index contributed by atoms with van der Waals surface area (Å²) in [6.45, 7) is 0. The SMILES string of the molecule is NC(=O)C(N)CC(c1ccc(F)cc1)c1ccc(F)cc1. The molecule has 0 radical (unpaired) electrons. The number of benzene rings is 2. The van der Waals surface area contributed by atoms with E-state index in [0.717, 1.165) is 11.1 Å². The zero-order valence-electron chi connectivity index (χ0n) is 11.3. The highest BCUT2D eigenvalue weighted by molar-refractivity contribution is 5.79. The fraction of sp³-hybridized carbons (Fsp3) is 0.188. The monoisotopic (exact) mass is 290 g/mol. The van der Waals surface area contributed by atoms with Gasteiger partial charge in [0.25, 0.3) is 0 Å². The maximum Gasteiger partial charge on any atom is 0.234 e. The number of rotatable bonds is 5. The van der Waals surface area contributed by atoms with E-state index in [1.165, 1.54) is 24.3 Å². The highest BCUT2D eigenvalue weighted by Gasteiger charge is 2.21. The van der Waals surface area contributed by atoms with E-state index in [1.54, 1.807) is 24.3 Å². The van der Waals surface area contributed by atoms with Crippen LogP contribution in [-0.4, -0.2) is 11.9 Å². The third-order valence-corrected chi connectivity index (χ3v) is 3.40. The van der Waals surface area contributed by atoms with Crippen molar-refractivity contribution in [3.8, 4) is 0 Å². The number of carbonyl (C=O) groups excluding carboxylic acids is 1. The summed E-state index contributed by atoms with van der Waals surface area (Å²) in [5, 5.41) is 0. The molecule has 0 spiro atoms. The van der Waals surface area contributed by atoms with Crippen molar-refractivity contribution < 1.29 is 13.6 Å². The van der Waals surface area contributed by atoms with Crippen LogP contribution >= 0.6 is 0 Å². The van der Waals surface area contributed by atoms with E-state index in [4.69, 9.17) is 11.5 Å². The van der Waals surface area contributed by atoms with Gasteiger partial charge < -0.3 is 11.5 Å². The van der Waals surface area contributed by atoms with E-state index in [9.17, 15) is 13.6 Å². The summed E-state index contributed by atoms with van der Waals surface area (Å²) in [6, 6.07) is 11.0. The second-order valence-corrected chi connectivity index (χ2v) is 4.90. The molecular formula is C16H16F2N2O. The Labute approximate surface area is 121 Å². The third kappa shape index (κ3) is 3.86. The molecule has 0 heterocycles. The maximum absolute atomic E-state index is 13.0. The van der Waals surface area contributed by atoms with E-state index < -0.39 is 11.9 Å². The largest absolute Gasteiger partial charge is 0.368 e. The summed E-state index contributed by atoms with van der Waals surface area (Å²) >= 11 is 0. The Kier molecular flexibility index (Phi) is 4.65. The Morgan fingerprint density at radius 1 is 0.905 bits per heavy atom. The van der Waals surface area contributed by atoms with Crippen molar-refractivity contribution in [3.63, 3.8) is 0 Å². The lowest BCUT2D eigenvalue weighted by molar-refractivity contribution is -0.119. The molecule has 4 N–H and O–H groups in total. The number of nitrogens with two attached hydrogens (primary N) is 2. The van der Waals surface area contributed by atoms with Crippen LogP contribution in [0, 0.1) is 11.6 Å². The fourth-order valence-corrected chi connectivity index (χ4v) is 2.22. The molecule has 3 nitrogen and oxygen atoms in total. The Morgan fingerprint density at radius 3 is 1.62 bits per heavy atom. The quantitative estimate of drug-likeness (QED) is 0.887. The first kappa shape index (κ1) is 15.1. The van der Waals surface area contributed by atoms with Crippen LogP contribution in [0.5, 0.6) is 0 Å². The van der Waals surface area contributed by atoms with E-state index in [0.29, 0.717) is 0 Å². The molecule has 0 aromatic heterocycles. The number of hydrogen-bond donors (Lipinski definition) is 2. The van der Waals surface area contributed by atoms with Crippen LogP contribution < -0.4 is 11.5 Å². The van der Waals surface area contributed by atoms with Crippen LogP contribution in [0.3, 0.4) is 0 Å². The minimum absolute atomic E-state index is 0.256. The van der Waals surface area contributed by atoms with Gasteiger partial charge in [-0.05, 0) is 41.8 Å². The number of hydrogen-bond acceptors (Lipinski definition) is 2. The van der Waals surface area contributed by atoms with Gasteiger partial charge in [-0.3, -0.25) is 4.79 Å². The molecule has 2 rings (SSSR count). The Balaban J connectivity index is 2.36. The molecule has 1 unspecified atom stereocenters. The van der Waals surface area contributed by atoms with E-state index >= 15 is 0 Å². The average Bonchev–Trinajstić information content (AvgIpc) is 2.46. The number of carbonyl (C=O) groups is 1. The van der Waals surface area contributed by atoms with E-state index in [-0.39, 0.29) is 24.0 Å². The summed E-state index contributed by atoms with van der Waals surface area (Å²) in [6.07, 6.45) is 0.270. The smallest absolute Gasteiger partial charge is 0.234 e. The molecule has 110 valence electrons. The molecule has 5 heteroatoms. The molecule has 21 heavy (non-hydrogen) atoms. The predicted octanol–water partition coefficient (Wildman–Crippen LogP) is 2.30. The molecule has 2 aromatic rings. The first-order chi connectivity index (χ1) is 9.97. The van der Waals surface area contributed by atoms with Crippen molar-refractivity contribution >= 4 is 5.91 Å². The standard InChI is InChI=1S/C16H16F2N2O/c17-12-5-1-10(2-6-12)14(9-15(19)16(20)21)11-3-7-13(18)8-4-11/h1-8,14-15H,9,19H2,(H2,20,21). The zero-order valence-corrected chi connectivity index (χ0v) is 11.3. The van der Waals surface area contributed by atoms with Gasteiger partial charge in [-0.2, -0.15) is 0 Å². The number of halogens is 2. The lowest BCUT2D eigenvalue weighted by Gasteiger charge is -2.20. The van der Waals surface area contributed by atoms with Gasteiger partial charge in [0.15, 0.2) is 0 Å². The summed E-state index contributed by atoms with van der Waals surface area (Å²) < 4.78 is 26.1. The van der Waals surface area contributed by atoms with Gasteiger partial charge in [-0.15, -0.1) is 0 Å². The Morgan fingerprint density at radius 2 is 1.29 bits per heavy atom. The topological polar surface area (TPSA) is 69.1 Å². The van der Waals surface area contributed by atoms with Crippen molar-refractivity contribution in [2.45, 2.75) is 18.4 Å². The van der Waals surface area contributed by atoms with Crippen LogP contribution in [0.1, 0.15) is 23.5 Å². The second kappa shape index (κ2) is 6.45. The van der Waals surface area contributed by atoms with Crippen molar-refractivity contribution in [1.82, 2.24) is 0 Å². The lowest BCUT2D eigenvalue weighted by Crippen LogP contribution is -2.37. The normalized spacial score (nSPS) is 12.4. The van der Waals surface area contributed by atoms with E-state index in [1.807, 2.05) is 0 Å². The van der Waals surface area contributed by atoms with Gasteiger partial charge in [0.2, 0.25) is 5.91 Å². The Hall–Kier alpha value is -2.27.